The van der Waals surface area contributed by atoms with Crippen LogP contribution in [-0.4, -0.2) is 28.3 Å². The van der Waals surface area contributed by atoms with Crippen LogP contribution in [0.4, 0.5) is 0 Å². The Morgan fingerprint density at radius 2 is 1.67 bits per heavy atom. The lowest BCUT2D eigenvalue weighted by molar-refractivity contribution is 0.405. The van der Waals surface area contributed by atoms with Crippen molar-refractivity contribution >= 4 is 15.4 Å². The molecule has 0 aromatic heterocycles. The second-order valence-electron chi connectivity index (χ2n) is 2.78. The Kier molecular flexibility index (Phi) is 5.94. The second kappa shape index (κ2) is 5.82. The standard InChI is InChI=1S/C6H13OP.HO3P/c1-2-8(7)5-3-4-6-8;1-4(2)3/h2-6H2,1H3;(H-,1,2,3)/p+1. The highest BCUT2D eigenvalue weighted by Crippen LogP contribution is 2.51. The lowest BCUT2D eigenvalue weighted by Gasteiger charge is -2.03. The zero-order chi connectivity index (χ0) is 9.61. The molecule has 0 radical (unpaired) electrons. The van der Waals surface area contributed by atoms with E-state index < -0.39 is 15.4 Å². The molecule has 1 saturated heterocycles. The maximum Gasteiger partial charge on any atom is 0.692 e. The molecule has 0 atom stereocenters. The molecule has 72 valence electrons. The normalized spacial score (nSPS) is 19.6. The fraction of sp³-hybridized carbons (Fsp3) is 1.00. The van der Waals surface area contributed by atoms with Crippen molar-refractivity contribution in [3.63, 3.8) is 0 Å². The van der Waals surface area contributed by atoms with Gasteiger partial charge in [0.25, 0.3) is 0 Å². The van der Waals surface area contributed by atoms with E-state index >= 15 is 0 Å². The molecule has 0 spiro atoms. The summed E-state index contributed by atoms with van der Waals surface area (Å²) in [5.41, 5.74) is 0. The number of rotatable bonds is 1. The Morgan fingerprint density at radius 1 is 1.33 bits per heavy atom. The quantitative estimate of drug-likeness (QED) is 0.651. The molecule has 1 aliphatic heterocycles. The first-order valence-electron chi connectivity index (χ1n) is 3.92. The van der Waals surface area contributed by atoms with Gasteiger partial charge in [-0.2, -0.15) is 0 Å². The smallest absolute Gasteiger partial charge is 0.324 e. The highest BCUT2D eigenvalue weighted by atomic mass is 31.2. The predicted molar refractivity (Wildman–Crippen MR) is 49.2 cm³/mol. The molecule has 4 nitrogen and oxygen atoms in total. The Balaban J connectivity index is 0.000000261. The average molecular weight is 213 g/mol. The Morgan fingerprint density at radius 3 is 1.83 bits per heavy atom. The molecule has 0 aromatic rings. The van der Waals surface area contributed by atoms with Crippen molar-refractivity contribution in [3.05, 3.63) is 0 Å². The molecule has 0 amide bonds. The van der Waals surface area contributed by atoms with E-state index in [1.54, 1.807) is 0 Å². The topological polar surface area (TPSA) is 74.6 Å². The van der Waals surface area contributed by atoms with Gasteiger partial charge in [-0.25, -0.2) is 0 Å². The van der Waals surface area contributed by atoms with Crippen molar-refractivity contribution in [2.24, 2.45) is 0 Å². The molecular weight excluding hydrogens is 198 g/mol. The summed E-state index contributed by atoms with van der Waals surface area (Å²) in [4.78, 5) is 14.2. The van der Waals surface area contributed by atoms with Gasteiger partial charge in [0, 0.05) is 16.9 Å². The minimum absolute atomic E-state index is 0.938. The molecule has 0 saturated carbocycles. The van der Waals surface area contributed by atoms with Crippen molar-refractivity contribution < 1.29 is 18.9 Å². The summed E-state index contributed by atoms with van der Waals surface area (Å²) in [6, 6.07) is 0. The summed E-state index contributed by atoms with van der Waals surface area (Å²) in [6.07, 6.45) is 5.43. The van der Waals surface area contributed by atoms with E-state index in [-0.39, 0.29) is 0 Å². The van der Waals surface area contributed by atoms with Crippen LogP contribution in [0.3, 0.4) is 0 Å². The average Bonchev–Trinajstić information content (AvgIpc) is 2.36. The minimum Gasteiger partial charge on any atom is -0.324 e. The summed E-state index contributed by atoms with van der Waals surface area (Å²) in [6.45, 7) is 2.05. The zero-order valence-corrected chi connectivity index (χ0v) is 8.93. The van der Waals surface area contributed by atoms with E-state index in [9.17, 15) is 4.57 Å². The van der Waals surface area contributed by atoms with Gasteiger partial charge in [-0.1, -0.05) is 6.92 Å². The first-order chi connectivity index (χ1) is 5.50. The Labute approximate surface area is 73.3 Å². The highest BCUT2D eigenvalue weighted by Gasteiger charge is 2.23. The number of hydrogen-bond acceptors (Lipinski definition) is 2. The summed E-state index contributed by atoms with van der Waals surface area (Å²) in [7, 11) is -4.42. The van der Waals surface area contributed by atoms with Crippen molar-refractivity contribution in [1.82, 2.24) is 0 Å². The maximum absolute atomic E-state index is 11.4. The Bertz CT molecular complexity index is 178. The van der Waals surface area contributed by atoms with Gasteiger partial charge in [0.15, 0.2) is 0 Å². The van der Waals surface area contributed by atoms with Crippen molar-refractivity contribution in [2.75, 3.05) is 18.5 Å². The van der Waals surface area contributed by atoms with Crippen LogP contribution in [0.15, 0.2) is 0 Å². The molecule has 0 aromatic carbocycles. The third-order valence-corrected chi connectivity index (χ3v) is 5.37. The van der Waals surface area contributed by atoms with E-state index in [1.165, 1.54) is 12.8 Å². The van der Waals surface area contributed by atoms with Gasteiger partial charge in [0.1, 0.15) is 0 Å². The molecule has 6 heteroatoms. The summed E-state index contributed by atoms with van der Waals surface area (Å²) < 4.78 is 20.1. The number of hydrogen-bond donors (Lipinski definition) is 2. The first-order valence-corrected chi connectivity index (χ1v) is 7.35. The van der Waals surface area contributed by atoms with Crippen LogP contribution in [0, 0.1) is 0 Å². The van der Waals surface area contributed by atoms with Gasteiger partial charge in [-0.3, -0.25) is 0 Å². The molecule has 1 heterocycles. The third kappa shape index (κ3) is 5.84. The van der Waals surface area contributed by atoms with Gasteiger partial charge in [-0.05, 0) is 19.0 Å². The third-order valence-electron chi connectivity index (χ3n) is 1.96. The minimum atomic E-state index is -2.87. The van der Waals surface area contributed by atoms with Gasteiger partial charge >= 0.3 is 8.25 Å². The molecule has 0 bridgehead atoms. The molecule has 12 heavy (non-hydrogen) atoms. The van der Waals surface area contributed by atoms with Crippen molar-refractivity contribution in [1.29, 1.82) is 0 Å². The van der Waals surface area contributed by atoms with E-state index in [1.807, 2.05) is 6.92 Å². The molecule has 2 N–H and O–H groups in total. The van der Waals surface area contributed by atoms with E-state index in [4.69, 9.17) is 14.4 Å². The van der Waals surface area contributed by atoms with E-state index in [2.05, 4.69) is 0 Å². The highest BCUT2D eigenvalue weighted by molar-refractivity contribution is 7.64. The largest absolute Gasteiger partial charge is 0.692 e. The Hall–Kier alpha value is 0.250. The second-order valence-corrected chi connectivity index (χ2v) is 6.93. The lowest BCUT2D eigenvalue weighted by atomic mass is 10.4. The summed E-state index contributed by atoms with van der Waals surface area (Å²) >= 11 is 0. The summed E-state index contributed by atoms with van der Waals surface area (Å²) in [5, 5.41) is 0. The SMILES string of the molecule is CCP1(=O)CCCC1.O=[P+](O)O. The van der Waals surface area contributed by atoms with Crippen LogP contribution < -0.4 is 0 Å². The molecule has 1 rings (SSSR count). The lowest BCUT2D eigenvalue weighted by Crippen LogP contribution is -1.84. The van der Waals surface area contributed by atoms with Crippen LogP contribution in [0.1, 0.15) is 19.8 Å². The summed E-state index contributed by atoms with van der Waals surface area (Å²) in [5.74, 6) is 0. The van der Waals surface area contributed by atoms with Gasteiger partial charge < -0.3 is 4.57 Å². The fourth-order valence-electron chi connectivity index (χ4n) is 1.23. The molecule has 1 aliphatic rings. The van der Waals surface area contributed by atoms with Crippen LogP contribution in [0.5, 0.6) is 0 Å². The zero-order valence-electron chi connectivity index (χ0n) is 7.14. The van der Waals surface area contributed by atoms with Gasteiger partial charge in [0.05, 0.1) is 7.14 Å². The molecule has 1 fully saturated rings. The van der Waals surface area contributed by atoms with Crippen LogP contribution in [0.2, 0.25) is 0 Å². The molecule has 0 unspecified atom stereocenters. The fourth-order valence-corrected chi connectivity index (χ4v) is 3.68. The maximum atomic E-state index is 11.4. The van der Waals surface area contributed by atoms with E-state index in [0.717, 1.165) is 18.5 Å². The van der Waals surface area contributed by atoms with Gasteiger partial charge in [0.2, 0.25) is 0 Å². The van der Waals surface area contributed by atoms with Crippen LogP contribution >= 0.6 is 15.4 Å². The van der Waals surface area contributed by atoms with Crippen LogP contribution in [0.25, 0.3) is 0 Å². The monoisotopic (exact) mass is 213 g/mol. The molecule has 0 aliphatic carbocycles. The van der Waals surface area contributed by atoms with Crippen LogP contribution in [-0.2, 0) is 9.13 Å². The predicted octanol–water partition coefficient (Wildman–Crippen LogP) is 1.79. The van der Waals surface area contributed by atoms with Crippen molar-refractivity contribution in [3.8, 4) is 0 Å². The van der Waals surface area contributed by atoms with E-state index in [0.29, 0.717) is 0 Å². The molecular formula is C6H15O4P2+. The van der Waals surface area contributed by atoms with Gasteiger partial charge in [-0.15, -0.1) is 9.79 Å². The van der Waals surface area contributed by atoms with Crippen molar-refractivity contribution in [2.45, 2.75) is 19.8 Å². The first kappa shape index (κ1) is 12.2.